The van der Waals surface area contributed by atoms with Gasteiger partial charge in [0.25, 0.3) is 11.8 Å². The number of aromatic nitrogens is 8. The van der Waals surface area contributed by atoms with Gasteiger partial charge < -0.3 is 50.1 Å². The Balaban J connectivity index is 0.000000184. The molecule has 4 saturated heterocycles. The molecule has 0 bridgehead atoms. The average Bonchev–Trinajstić information content (AvgIpc) is 2.63. The van der Waals surface area contributed by atoms with Crippen LogP contribution >= 0.6 is 0 Å². The third-order valence-corrected chi connectivity index (χ3v) is 16.8. The van der Waals surface area contributed by atoms with Crippen molar-refractivity contribution in [1.82, 2.24) is 58.3 Å². The van der Waals surface area contributed by atoms with Gasteiger partial charge in [0.1, 0.15) is 42.6 Å². The molecule has 4 amide bonds. The fraction of sp³-hybridized carbons (Fsp3) is 0.423. The number of hydrogen-bond acceptors (Lipinski definition) is 22. The summed E-state index contributed by atoms with van der Waals surface area (Å²) in [5.41, 5.74) is 8.18. The van der Waals surface area contributed by atoms with E-state index in [4.69, 9.17) is 34.2 Å². The number of rotatable bonds is 17. The van der Waals surface area contributed by atoms with Crippen molar-refractivity contribution in [1.29, 1.82) is 0 Å². The van der Waals surface area contributed by atoms with Crippen molar-refractivity contribution >= 4 is 89.3 Å². The zero-order valence-electron chi connectivity index (χ0n) is 47.0. The van der Waals surface area contributed by atoms with Gasteiger partial charge in [0.05, 0.1) is 28.1 Å². The summed E-state index contributed by atoms with van der Waals surface area (Å²) < 4.78 is 90.9. The lowest BCUT2D eigenvalue weighted by Crippen LogP contribution is -2.42. The second kappa shape index (κ2) is 25.5. The molecule has 0 saturated carbocycles. The van der Waals surface area contributed by atoms with E-state index in [1.54, 1.807) is 29.3 Å². The second-order valence-corrected chi connectivity index (χ2v) is 24.0. The molecule has 32 heteroatoms. The number of nitrogen functional groups attached to an aromatic ring is 1. The van der Waals surface area contributed by atoms with Crippen LogP contribution in [-0.4, -0.2) is 177 Å². The van der Waals surface area contributed by atoms with Gasteiger partial charge in [-0.25, -0.2) is 56.3 Å². The number of fused-ring (bicyclic) bond motifs is 4. The predicted molar refractivity (Wildman–Crippen MR) is 301 cm³/mol. The van der Waals surface area contributed by atoms with Crippen molar-refractivity contribution in [2.24, 2.45) is 4.99 Å². The van der Waals surface area contributed by atoms with Crippen LogP contribution in [0.15, 0.2) is 114 Å². The predicted octanol–water partition coefficient (Wildman–Crippen LogP) is 3.25. The Hall–Kier alpha value is -8.01. The van der Waals surface area contributed by atoms with E-state index in [2.05, 4.69) is 69.3 Å². The van der Waals surface area contributed by atoms with Crippen LogP contribution in [-0.2, 0) is 62.9 Å². The molecular formula is C52H64N16O14S2. The highest BCUT2D eigenvalue weighted by molar-refractivity contribution is 7.89. The minimum Gasteiger partial charge on any atom is -0.382 e. The van der Waals surface area contributed by atoms with E-state index in [1.807, 2.05) is 27.7 Å². The van der Waals surface area contributed by atoms with Gasteiger partial charge in [0, 0.05) is 46.0 Å². The summed E-state index contributed by atoms with van der Waals surface area (Å²) in [6.45, 7) is 19.2. The number of nitrogens with one attached hydrogen (secondary N) is 4. The van der Waals surface area contributed by atoms with E-state index in [0.717, 1.165) is 4.31 Å². The lowest BCUT2D eigenvalue weighted by molar-refractivity contribution is -0.198. The van der Waals surface area contributed by atoms with Crippen molar-refractivity contribution in [3.05, 3.63) is 99.2 Å². The minimum absolute atomic E-state index is 0.0756. The molecule has 30 nitrogen and oxygen atoms in total. The zero-order valence-corrected chi connectivity index (χ0v) is 48.6. The van der Waals surface area contributed by atoms with E-state index < -0.39 is 86.7 Å². The van der Waals surface area contributed by atoms with Crippen molar-refractivity contribution in [2.75, 3.05) is 56.6 Å². The molecule has 84 heavy (non-hydrogen) atoms. The normalized spacial score (nSPS) is 22.8. The second-order valence-electron chi connectivity index (χ2n) is 19.9. The topological polar surface area (TPSA) is 372 Å². The number of aliphatic imine (C=N–C) groups is 1. The SMILES string of the molecule is C=CCN(C)S(=O)(=O)c1ccc(N=C=O)cc1.C=CCN(C)S(=O)(=O)c1ccc(NC(=O)Nc2ncnc3c2ncn3[C@@H]2O[C@H](C(=O)NCC)[C@H]3OC(C)(C)O[C@H]32)cc1.CCNC(=O)[C@H]1O[C@@H](n2cnc3c(N)ncnc32)[C@@H]2OC(C)(C)O[C@@H]21. The number of ether oxygens (including phenoxy) is 6. The van der Waals surface area contributed by atoms with Crippen molar-refractivity contribution in [2.45, 2.75) is 112 Å². The first kappa shape index (κ1) is 62.0. The molecule has 4 aliphatic heterocycles. The summed E-state index contributed by atoms with van der Waals surface area (Å²) in [6.07, 6.45) is 4.67. The van der Waals surface area contributed by atoms with Gasteiger partial charge in [-0.15, -0.1) is 13.2 Å². The van der Waals surface area contributed by atoms with E-state index >= 15 is 0 Å². The van der Waals surface area contributed by atoms with E-state index in [-0.39, 0.29) is 51.8 Å². The van der Waals surface area contributed by atoms with Crippen LogP contribution in [0.1, 0.15) is 54.0 Å². The molecular weight excluding hydrogens is 1140 g/mol. The third-order valence-electron chi connectivity index (χ3n) is 13.1. The molecule has 8 atom stereocenters. The summed E-state index contributed by atoms with van der Waals surface area (Å²) in [6, 6.07) is 10.8. The molecule has 0 unspecified atom stereocenters. The number of carbonyl (C=O) groups excluding carboxylic acids is 4. The van der Waals surface area contributed by atoms with Crippen LogP contribution in [0.25, 0.3) is 22.3 Å². The molecule has 0 spiro atoms. The maximum atomic E-state index is 12.8. The third kappa shape index (κ3) is 13.2. The molecule has 6 N–H and O–H groups in total. The average molecular weight is 1200 g/mol. The smallest absolute Gasteiger partial charge is 0.324 e. The Morgan fingerprint density at radius 1 is 0.667 bits per heavy atom. The lowest BCUT2D eigenvalue weighted by Gasteiger charge is -2.24. The Bertz CT molecular complexity index is 3690. The minimum atomic E-state index is -3.69. The maximum Gasteiger partial charge on any atom is 0.324 e. The molecule has 2 aromatic carbocycles. The molecule has 0 aliphatic carbocycles. The summed E-state index contributed by atoms with van der Waals surface area (Å²) in [5, 5.41) is 10.8. The number of nitrogens with two attached hydrogens (primary N) is 1. The van der Waals surface area contributed by atoms with Crippen molar-refractivity contribution in [3.63, 3.8) is 0 Å². The summed E-state index contributed by atoms with van der Waals surface area (Å²) in [4.78, 5) is 76.8. The van der Waals surface area contributed by atoms with Crippen LogP contribution < -0.4 is 27.0 Å². The summed E-state index contributed by atoms with van der Waals surface area (Å²) in [7, 11) is -4.28. The van der Waals surface area contributed by atoms with E-state index in [1.165, 1.54) is 104 Å². The standard InChI is InChI=1S/C26H32N8O7S.C15H20N6O4.C11H12N2O3S/c1-6-12-33(5)42(37,38)16-10-8-15(9-11-16)31-25(36)32-21-17-22(29-13-28-21)34(14-30-17)24-20-18(40-26(3,4)41-20)19(39-24)23(35)27-7-2;1-4-17-13(22)9-8-10(25-15(2,3)24-8)14(23-9)21-6-20-7-11(16)18-5-19-12(7)21;1-3-8-13(2)17(15,16)11-6-4-10(5-7-11)12-9-14/h6,8-11,13-14,18-20,24H,1,7,12H2,2-5H3,(H,27,35)(H2,28,29,31,32,36);5-6,8-10,14H,4H2,1-3H3,(H,17,22)(H2,16,18,19);3-7H,1,8H2,2H3/t18-,19+,20-,24-;8-,9+,10-,14-;/m11./s1. The molecule has 4 aliphatic rings. The monoisotopic (exact) mass is 1200 g/mol. The zero-order chi connectivity index (χ0) is 60.9. The van der Waals surface area contributed by atoms with Crippen LogP contribution in [0.5, 0.6) is 0 Å². The van der Waals surface area contributed by atoms with Crippen LogP contribution in [0.2, 0.25) is 0 Å². The maximum absolute atomic E-state index is 12.8. The van der Waals surface area contributed by atoms with Crippen molar-refractivity contribution < 1.29 is 64.4 Å². The highest BCUT2D eigenvalue weighted by atomic mass is 32.2. The van der Waals surface area contributed by atoms with Gasteiger partial charge in [0.2, 0.25) is 26.1 Å². The Labute approximate surface area is 482 Å². The van der Waals surface area contributed by atoms with Gasteiger partial charge >= 0.3 is 6.03 Å². The number of benzene rings is 2. The van der Waals surface area contributed by atoms with Gasteiger partial charge in [-0.05, 0) is 90.1 Å². The number of isocyanates is 1. The first-order chi connectivity index (χ1) is 39.9. The van der Waals surface area contributed by atoms with Crippen LogP contribution in [0, 0.1) is 0 Å². The molecule has 448 valence electrons. The number of imidazole rings is 2. The van der Waals surface area contributed by atoms with Gasteiger partial charge in [-0.1, -0.05) is 12.2 Å². The summed E-state index contributed by atoms with van der Waals surface area (Å²) in [5.74, 6) is -1.89. The molecule has 10 rings (SSSR count). The fourth-order valence-electron chi connectivity index (χ4n) is 9.40. The number of anilines is 3. The molecule has 4 aromatic heterocycles. The summed E-state index contributed by atoms with van der Waals surface area (Å²) >= 11 is 0. The van der Waals surface area contributed by atoms with Gasteiger partial charge in [0.15, 0.2) is 64.7 Å². The Morgan fingerprint density at radius 2 is 1.11 bits per heavy atom. The van der Waals surface area contributed by atoms with Crippen molar-refractivity contribution in [3.8, 4) is 0 Å². The van der Waals surface area contributed by atoms with Gasteiger partial charge in [-0.3, -0.25) is 24.0 Å². The number of amides is 4. The highest BCUT2D eigenvalue weighted by Crippen LogP contribution is 2.45. The largest absolute Gasteiger partial charge is 0.382 e. The fourth-order valence-corrected chi connectivity index (χ4v) is 11.7. The number of nitrogens with zero attached hydrogens (tertiary/aromatic N) is 11. The lowest BCUT2D eigenvalue weighted by atomic mass is 10.1. The first-order valence-corrected chi connectivity index (χ1v) is 28.9. The molecule has 6 aromatic rings. The number of urea groups is 1. The number of sulfonamides is 2. The Morgan fingerprint density at radius 3 is 1.57 bits per heavy atom. The number of hydrogen-bond donors (Lipinski definition) is 5. The highest BCUT2D eigenvalue weighted by Gasteiger charge is 2.59. The molecule has 4 fully saturated rings. The first-order valence-electron chi connectivity index (χ1n) is 26.1. The van der Waals surface area contributed by atoms with E-state index in [0.29, 0.717) is 41.3 Å². The molecule has 8 heterocycles. The number of likely N-dealkylation sites (N-methyl/N-ethyl adjacent to an activating group) is 4. The van der Waals surface area contributed by atoms with Crippen LogP contribution in [0.4, 0.5) is 27.8 Å². The number of carbonyl (C=O) groups is 3. The van der Waals surface area contributed by atoms with E-state index in [9.17, 15) is 36.0 Å². The Kier molecular flexibility index (Phi) is 18.8. The van der Waals surface area contributed by atoms with Crippen LogP contribution in [0.3, 0.4) is 0 Å². The quantitative estimate of drug-likeness (QED) is 0.0497. The molecule has 0 radical (unpaired) electrons. The van der Waals surface area contributed by atoms with Gasteiger partial charge in [-0.2, -0.15) is 13.6 Å².